The van der Waals surface area contributed by atoms with Gasteiger partial charge in [0.05, 0.1) is 4.90 Å². The van der Waals surface area contributed by atoms with Crippen LogP contribution in [0.4, 0.5) is 22.8 Å². The Morgan fingerprint density at radius 3 is 2.39 bits per heavy atom. The Labute approximate surface area is 191 Å². The molecule has 1 aromatic rings. The van der Waals surface area contributed by atoms with Gasteiger partial charge in [-0.3, -0.25) is 0 Å². The van der Waals surface area contributed by atoms with Crippen molar-refractivity contribution in [1.29, 1.82) is 0 Å². The number of halogens is 3. The minimum Gasteiger partial charge on any atom is -0.444 e. The van der Waals surface area contributed by atoms with Crippen molar-refractivity contribution in [1.82, 2.24) is 15.5 Å². The van der Waals surface area contributed by atoms with Crippen LogP contribution in [0.5, 0.6) is 0 Å². The first-order valence-electron chi connectivity index (χ1n) is 10.4. The van der Waals surface area contributed by atoms with Gasteiger partial charge in [0.2, 0.25) is 0 Å². The zero-order valence-electron chi connectivity index (χ0n) is 19.2. The smallest absolute Gasteiger partial charge is 0.444 e. The van der Waals surface area contributed by atoms with Gasteiger partial charge in [0.25, 0.3) is 9.84 Å². The van der Waals surface area contributed by atoms with E-state index in [4.69, 9.17) is 4.74 Å². The lowest BCUT2D eigenvalue weighted by Gasteiger charge is -2.37. The number of sulfone groups is 1. The second-order valence-corrected chi connectivity index (χ2v) is 11.4. The van der Waals surface area contributed by atoms with E-state index < -0.39 is 43.5 Å². The summed E-state index contributed by atoms with van der Waals surface area (Å²) >= 11 is 0. The molecule has 0 bridgehead atoms. The van der Waals surface area contributed by atoms with E-state index in [1.807, 2.05) is 13.8 Å². The number of urea groups is 1. The molecule has 12 heteroatoms. The number of nitrogens with zero attached hydrogens (tertiary/aromatic N) is 1. The van der Waals surface area contributed by atoms with Crippen LogP contribution in [-0.4, -0.2) is 55.2 Å². The molecule has 1 aliphatic rings. The number of rotatable bonds is 5. The molecule has 3 amide bonds. The van der Waals surface area contributed by atoms with Crippen molar-refractivity contribution in [2.24, 2.45) is 5.92 Å². The van der Waals surface area contributed by atoms with Crippen molar-refractivity contribution in [2.75, 3.05) is 13.1 Å². The summed E-state index contributed by atoms with van der Waals surface area (Å²) in [6.45, 7) is 9.71. The van der Waals surface area contributed by atoms with Crippen LogP contribution in [0.15, 0.2) is 29.2 Å². The average molecular weight is 494 g/mol. The molecule has 8 nitrogen and oxygen atoms in total. The second kappa shape index (κ2) is 9.40. The fourth-order valence-electron chi connectivity index (χ4n) is 3.56. The van der Waals surface area contributed by atoms with Gasteiger partial charge >= 0.3 is 17.6 Å². The van der Waals surface area contributed by atoms with Crippen LogP contribution >= 0.6 is 0 Å². The van der Waals surface area contributed by atoms with Crippen LogP contribution in [0.25, 0.3) is 0 Å². The van der Waals surface area contributed by atoms with Crippen LogP contribution in [0.2, 0.25) is 0 Å². The summed E-state index contributed by atoms with van der Waals surface area (Å²) in [6.07, 6.45) is 0.234. The number of carbonyl (C=O) groups excluding carboxylic acids is 2. The lowest BCUT2D eigenvalue weighted by molar-refractivity contribution is -0.0436. The van der Waals surface area contributed by atoms with E-state index in [-0.39, 0.29) is 24.6 Å². The highest BCUT2D eigenvalue weighted by atomic mass is 32.2. The number of amides is 3. The van der Waals surface area contributed by atoms with Crippen LogP contribution < -0.4 is 10.6 Å². The van der Waals surface area contributed by atoms with Crippen LogP contribution in [0.1, 0.15) is 46.6 Å². The van der Waals surface area contributed by atoms with Gasteiger partial charge in [-0.05, 0) is 58.7 Å². The lowest BCUT2D eigenvalue weighted by atomic mass is 9.88. The average Bonchev–Trinajstić information content (AvgIpc) is 2.96. The standard InChI is InChI=1S/C21H30F3N3O5S/c1-19(2,3)32-18(29)27-10-9-15(20(27,4)5)13-26-17(28)25-12-14-7-6-8-16(11-14)33(30,31)21(22,23)24/h6-8,11,15H,9-10,12-13H2,1-5H3,(H2,25,26,28). The molecule has 2 rings (SSSR count). The minimum absolute atomic E-state index is 0.0453. The maximum atomic E-state index is 12.7. The summed E-state index contributed by atoms with van der Waals surface area (Å²) in [5.74, 6) is -0.0453. The highest BCUT2D eigenvalue weighted by Crippen LogP contribution is 2.35. The van der Waals surface area contributed by atoms with Gasteiger partial charge < -0.3 is 20.3 Å². The van der Waals surface area contributed by atoms with Crippen molar-refractivity contribution in [3.05, 3.63) is 29.8 Å². The molecule has 1 atom stereocenters. The van der Waals surface area contributed by atoms with E-state index in [0.29, 0.717) is 13.0 Å². The SMILES string of the molecule is CC(C)(C)OC(=O)N1CCC(CNC(=O)NCc2cccc(S(=O)(=O)C(F)(F)F)c2)C1(C)C. The molecular weight excluding hydrogens is 463 g/mol. The highest BCUT2D eigenvalue weighted by Gasteiger charge is 2.47. The number of benzene rings is 1. The third-order valence-corrected chi connectivity index (χ3v) is 6.97. The van der Waals surface area contributed by atoms with E-state index in [0.717, 1.165) is 12.1 Å². The molecule has 1 aromatic carbocycles. The zero-order chi connectivity index (χ0) is 25.2. The van der Waals surface area contributed by atoms with Gasteiger partial charge in [-0.25, -0.2) is 18.0 Å². The normalized spacial score (nSPS) is 18.7. The van der Waals surface area contributed by atoms with Crippen molar-refractivity contribution in [2.45, 2.75) is 69.1 Å². The Balaban J connectivity index is 1.92. The maximum absolute atomic E-state index is 12.7. The molecular formula is C21H30F3N3O5S. The molecule has 1 unspecified atom stereocenters. The Morgan fingerprint density at radius 2 is 1.82 bits per heavy atom. The summed E-state index contributed by atoms with van der Waals surface area (Å²) in [5.41, 5.74) is -6.39. The van der Waals surface area contributed by atoms with Crippen molar-refractivity contribution >= 4 is 22.0 Å². The van der Waals surface area contributed by atoms with Crippen molar-refractivity contribution in [3.8, 4) is 0 Å². The number of hydrogen-bond acceptors (Lipinski definition) is 5. The lowest BCUT2D eigenvalue weighted by Crippen LogP contribution is -2.50. The largest absolute Gasteiger partial charge is 0.501 e. The molecule has 0 spiro atoms. The number of hydrogen-bond donors (Lipinski definition) is 2. The Bertz CT molecular complexity index is 988. The molecule has 1 aliphatic heterocycles. The monoisotopic (exact) mass is 493 g/mol. The summed E-state index contributed by atoms with van der Waals surface area (Å²) < 4.78 is 66.7. The number of likely N-dealkylation sites (tertiary alicyclic amines) is 1. The Kier molecular flexibility index (Phi) is 7.62. The number of carbonyl (C=O) groups is 2. The quantitative estimate of drug-likeness (QED) is 0.649. The van der Waals surface area contributed by atoms with Gasteiger partial charge in [0, 0.05) is 31.1 Å². The number of ether oxygens (including phenoxy) is 1. The first kappa shape index (κ1) is 26.7. The maximum Gasteiger partial charge on any atom is 0.501 e. The zero-order valence-corrected chi connectivity index (χ0v) is 20.1. The predicted molar refractivity (Wildman–Crippen MR) is 115 cm³/mol. The molecule has 1 heterocycles. The van der Waals surface area contributed by atoms with Crippen LogP contribution in [0.3, 0.4) is 0 Å². The molecule has 1 saturated heterocycles. The fraction of sp³-hybridized carbons (Fsp3) is 0.619. The van der Waals surface area contributed by atoms with Gasteiger partial charge in [0.15, 0.2) is 0 Å². The third kappa shape index (κ3) is 6.52. The minimum atomic E-state index is -5.47. The van der Waals surface area contributed by atoms with Crippen LogP contribution in [0, 0.1) is 5.92 Å². The van der Waals surface area contributed by atoms with E-state index in [1.54, 1.807) is 25.7 Å². The molecule has 0 aliphatic carbocycles. The van der Waals surface area contributed by atoms with E-state index in [9.17, 15) is 31.2 Å². The fourth-order valence-corrected chi connectivity index (χ4v) is 4.39. The molecule has 0 saturated carbocycles. The molecule has 186 valence electrons. The number of alkyl halides is 3. The second-order valence-electron chi connectivity index (χ2n) is 9.43. The molecule has 33 heavy (non-hydrogen) atoms. The van der Waals surface area contributed by atoms with Gasteiger partial charge in [-0.2, -0.15) is 13.2 Å². The summed E-state index contributed by atoms with van der Waals surface area (Å²) in [5, 5.41) is 5.20. The van der Waals surface area contributed by atoms with E-state index in [2.05, 4.69) is 10.6 Å². The Hall–Kier alpha value is -2.50. The first-order valence-corrected chi connectivity index (χ1v) is 11.9. The van der Waals surface area contributed by atoms with Gasteiger partial charge in [-0.15, -0.1) is 0 Å². The molecule has 2 N–H and O–H groups in total. The van der Waals surface area contributed by atoms with E-state index >= 15 is 0 Å². The van der Waals surface area contributed by atoms with Crippen molar-refractivity contribution < 1.29 is 35.9 Å². The topological polar surface area (TPSA) is 105 Å². The molecule has 0 radical (unpaired) electrons. The van der Waals surface area contributed by atoms with Crippen molar-refractivity contribution in [3.63, 3.8) is 0 Å². The highest BCUT2D eigenvalue weighted by molar-refractivity contribution is 7.92. The summed E-state index contributed by atoms with van der Waals surface area (Å²) in [6, 6.07) is 3.76. The summed E-state index contributed by atoms with van der Waals surface area (Å²) in [4.78, 5) is 25.4. The van der Waals surface area contributed by atoms with Gasteiger partial charge in [-0.1, -0.05) is 12.1 Å². The molecule has 1 fully saturated rings. The number of nitrogens with one attached hydrogen (secondary N) is 2. The first-order chi connectivity index (χ1) is 14.9. The van der Waals surface area contributed by atoms with Crippen LogP contribution in [-0.2, 0) is 21.1 Å². The van der Waals surface area contributed by atoms with E-state index in [1.165, 1.54) is 12.1 Å². The Morgan fingerprint density at radius 1 is 1.18 bits per heavy atom. The third-order valence-electron chi connectivity index (χ3n) is 5.49. The summed E-state index contributed by atoms with van der Waals surface area (Å²) in [7, 11) is -5.47. The molecule has 0 aromatic heterocycles. The van der Waals surface area contributed by atoms with Gasteiger partial charge in [0.1, 0.15) is 5.60 Å². The predicted octanol–water partition coefficient (Wildman–Crippen LogP) is 3.81.